The SMILES string of the molecule is O=C(CSc1nnnn1Cc1ccccc1)Nc1ccc2nc(SCC(=O)c3ccc(Br)cc3)sc2c1. The van der Waals surface area contributed by atoms with Gasteiger partial charge in [0, 0.05) is 15.7 Å². The number of Topliss-reactive ketones (excluding diaryl/α,β-unsaturated/α-hetero) is 1. The Hall–Kier alpha value is -3.06. The molecule has 5 aromatic rings. The third-order valence-corrected chi connectivity index (χ3v) is 8.80. The molecule has 37 heavy (non-hydrogen) atoms. The summed E-state index contributed by atoms with van der Waals surface area (Å²) >= 11 is 7.58. The van der Waals surface area contributed by atoms with Crippen molar-refractivity contribution in [1.29, 1.82) is 0 Å². The van der Waals surface area contributed by atoms with Crippen LogP contribution in [-0.2, 0) is 11.3 Å². The van der Waals surface area contributed by atoms with Crippen LogP contribution in [0.4, 0.5) is 5.69 Å². The number of ketones is 1. The van der Waals surface area contributed by atoms with Gasteiger partial charge in [-0.3, -0.25) is 9.59 Å². The molecule has 0 aliphatic rings. The van der Waals surface area contributed by atoms with Crippen molar-refractivity contribution in [2.75, 3.05) is 16.8 Å². The summed E-state index contributed by atoms with van der Waals surface area (Å²) in [6, 6.07) is 22.8. The van der Waals surface area contributed by atoms with Crippen molar-refractivity contribution in [2.45, 2.75) is 16.0 Å². The molecule has 1 N–H and O–H groups in total. The van der Waals surface area contributed by atoms with Crippen molar-refractivity contribution in [3.63, 3.8) is 0 Å². The molecule has 0 atom stereocenters. The predicted octanol–water partition coefficient (Wildman–Crippen LogP) is 5.80. The summed E-state index contributed by atoms with van der Waals surface area (Å²) < 4.78 is 4.37. The van der Waals surface area contributed by atoms with Crippen molar-refractivity contribution in [3.8, 4) is 0 Å². The van der Waals surface area contributed by atoms with Crippen LogP contribution < -0.4 is 5.32 Å². The van der Waals surface area contributed by atoms with E-state index in [1.165, 1.54) is 34.9 Å². The number of thioether (sulfide) groups is 2. The zero-order chi connectivity index (χ0) is 25.6. The number of hydrogen-bond acceptors (Lipinski definition) is 9. The van der Waals surface area contributed by atoms with Gasteiger partial charge < -0.3 is 5.32 Å². The number of benzene rings is 3. The minimum atomic E-state index is -0.155. The Morgan fingerprint density at radius 3 is 2.59 bits per heavy atom. The summed E-state index contributed by atoms with van der Waals surface area (Å²) in [4.78, 5) is 29.6. The number of thiazole rings is 1. The van der Waals surface area contributed by atoms with Gasteiger partial charge in [-0.1, -0.05) is 81.9 Å². The van der Waals surface area contributed by atoms with Gasteiger partial charge in [0.05, 0.1) is 28.3 Å². The largest absolute Gasteiger partial charge is 0.325 e. The highest BCUT2D eigenvalue weighted by Crippen LogP contribution is 2.32. The lowest BCUT2D eigenvalue weighted by molar-refractivity contribution is -0.113. The van der Waals surface area contributed by atoms with Gasteiger partial charge in [0.1, 0.15) is 0 Å². The zero-order valence-electron chi connectivity index (χ0n) is 19.2. The average molecular weight is 612 g/mol. The molecule has 3 aromatic carbocycles. The number of aromatic nitrogens is 5. The van der Waals surface area contributed by atoms with Crippen LogP contribution in [0.5, 0.6) is 0 Å². The summed E-state index contributed by atoms with van der Waals surface area (Å²) in [7, 11) is 0. The lowest BCUT2D eigenvalue weighted by Gasteiger charge is -2.06. The third-order valence-electron chi connectivity index (χ3n) is 5.15. The Morgan fingerprint density at radius 2 is 1.78 bits per heavy atom. The standard InChI is InChI=1S/C25H19BrN6O2S3/c26-18-8-6-17(7-9-18)21(33)14-36-25-28-20-11-10-19(12-22(20)37-25)27-23(34)15-35-24-29-30-31-32(24)13-16-4-2-1-3-5-16/h1-12H,13-15H2,(H,27,34). The van der Waals surface area contributed by atoms with E-state index in [1.807, 2.05) is 72.8 Å². The van der Waals surface area contributed by atoms with Crippen LogP contribution >= 0.6 is 50.8 Å². The molecule has 0 spiro atoms. The van der Waals surface area contributed by atoms with E-state index in [-0.39, 0.29) is 17.4 Å². The summed E-state index contributed by atoms with van der Waals surface area (Å²) in [5.41, 5.74) is 3.27. The molecule has 0 saturated heterocycles. The maximum Gasteiger partial charge on any atom is 0.234 e. The molecule has 2 heterocycles. The summed E-state index contributed by atoms with van der Waals surface area (Å²) in [5, 5.41) is 15.3. The Labute approximate surface area is 233 Å². The minimum Gasteiger partial charge on any atom is -0.325 e. The fourth-order valence-corrected chi connectivity index (χ4v) is 6.32. The molecule has 0 fully saturated rings. The van der Waals surface area contributed by atoms with Crippen molar-refractivity contribution in [2.24, 2.45) is 0 Å². The highest BCUT2D eigenvalue weighted by Gasteiger charge is 2.13. The van der Waals surface area contributed by atoms with Gasteiger partial charge in [-0.2, -0.15) is 0 Å². The first-order valence-corrected chi connectivity index (χ1v) is 14.7. The normalized spacial score (nSPS) is 11.1. The van der Waals surface area contributed by atoms with Crippen molar-refractivity contribution in [3.05, 3.63) is 88.4 Å². The molecule has 12 heteroatoms. The summed E-state index contributed by atoms with van der Waals surface area (Å²) in [5.74, 6) is 0.385. The number of nitrogens with one attached hydrogen (secondary N) is 1. The summed E-state index contributed by atoms with van der Waals surface area (Å²) in [6.45, 7) is 0.537. The van der Waals surface area contributed by atoms with Gasteiger partial charge in [0.15, 0.2) is 10.1 Å². The lowest BCUT2D eigenvalue weighted by atomic mass is 10.2. The van der Waals surface area contributed by atoms with Gasteiger partial charge in [0.25, 0.3) is 0 Å². The molecule has 0 radical (unpaired) electrons. The van der Waals surface area contributed by atoms with Crippen LogP contribution in [0.3, 0.4) is 0 Å². The second kappa shape index (κ2) is 12.0. The number of carbonyl (C=O) groups excluding carboxylic acids is 2. The van der Waals surface area contributed by atoms with E-state index in [4.69, 9.17) is 0 Å². The molecule has 0 aliphatic carbocycles. The van der Waals surface area contributed by atoms with E-state index in [9.17, 15) is 9.59 Å². The highest BCUT2D eigenvalue weighted by molar-refractivity contribution is 9.10. The molecule has 8 nitrogen and oxygen atoms in total. The minimum absolute atomic E-state index is 0.0528. The second-order valence-corrected chi connectivity index (χ2v) is 11.9. The monoisotopic (exact) mass is 610 g/mol. The van der Waals surface area contributed by atoms with Crippen molar-refractivity contribution in [1.82, 2.24) is 25.2 Å². The van der Waals surface area contributed by atoms with E-state index in [0.29, 0.717) is 28.7 Å². The van der Waals surface area contributed by atoms with E-state index in [0.717, 1.165) is 24.6 Å². The topological polar surface area (TPSA) is 103 Å². The highest BCUT2D eigenvalue weighted by atomic mass is 79.9. The maximum atomic E-state index is 12.6. The second-order valence-electron chi connectivity index (χ2n) is 7.82. The van der Waals surface area contributed by atoms with Crippen molar-refractivity contribution >= 4 is 78.4 Å². The predicted molar refractivity (Wildman–Crippen MR) is 152 cm³/mol. The number of amides is 1. The van der Waals surface area contributed by atoms with E-state index >= 15 is 0 Å². The van der Waals surface area contributed by atoms with E-state index in [2.05, 4.69) is 41.8 Å². The third kappa shape index (κ3) is 6.83. The molecule has 2 aromatic heterocycles. The Kier molecular flexibility index (Phi) is 8.29. The first kappa shape index (κ1) is 25.6. The number of anilines is 1. The maximum absolute atomic E-state index is 12.6. The molecule has 0 unspecified atom stereocenters. The number of rotatable bonds is 10. The van der Waals surface area contributed by atoms with Gasteiger partial charge in [-0.15, -0.1) is 16.4 Å². The molecular formula is C25H19BrN6O2S3. The Morgan fingerprint density at radius 1 is 0.973 bits per heavy atom. The lowest BCUT2D eigenvalue weighted by Crippen LogP contribution is -2.14. The molecule has 0 aliphatic heterocycles. The van der Waals surface area contributed by atoms with Crippen LogP contribution in [0.15, 0.2) is 86.8 Å². The van der Waals surface area contributed by atoms with Crippen LogP contribution in [-0.4, -0.2) is 48.4 Å². The Bertz CT molecular complexity index is 1540. The van der Waals surface area contributed by atoms with Crippen LogP contribution in [0.2, 0.25) is 0 Å². The number of hydrogen-bond donors (Lipinski definition) is 1. The van der Waals surface area contributed by atoms with Gasteiger partial charge in [-0.25, -0.2) is 9.67 Å². The number of nitrogens with zero attached hydrogens (tertiary/aromatic N) is 5. The first-order chi connectivity index (χ1) is 18.0. The zero-order valence-corrected chi connectivity index (χ0v) is 23.2. The van der Waals surface area contributed by atoms with Crippen LogP contribution in [0.25, 0.3) is 10.2 Å². The summed E-state index contributed by atoms with van der Waals surface area (Å²) in [6.07, 6.45) is 0. The smallest absolute Gasteiger partial charge is 0.234 e. The first-order valence-electron chi connectivity index (χ1n) is 11.1. The van der Waals surface area contributed by atoms with Gasteiger partial charge >= 0.3 is 0 Å². The quantitative estimate of drug-likeness (QED) is 0.156. The molecule has 186 valence electrons. The number of carbonyl (C=O) groups is 2. The number of tetrazole rings is 1. The van der Waals surface area contributed by atoms with Gasteiger partial charge in [-0.05, 0) is 46.3 Å². The number of halogens is 1. The average Bonchev–Trinajstić information content (AvgIpc) is 3.53. The van der Waals surface area contributed by atoms with Crippen molar-refractivity contribution < 1.29 is 9.59 Å². The molecule has 5 rings (SSSR count). The molecular weight excluding hydrogens is 592 g/mol. The van der Waals surface area contributed by atoms with Crippen LogP contribution in [0.1, 0.15) is 15.9 Å². The fraction of sp³-hybridized carbons (Fsp3) is 0.120. The van der Waals surface area contributed by atoms with E-state index in [1.54, 1.807) is 4.68 Å². The molecule has 0 saturated carbocycles. The van der Waals surface area contributed by atoms with Crippen LogP contribution in [0, 0.1) is 0 Å². The number of fused-ring (bicyclic) bond motifs is 1. The fourth-order valence-electron chi connectivity index (χ4n) is 3.37. The molecule has 0 bridgehead atoms. The molecule has 1 amide bonds. The van der Waals surface area contributed by atoms with E-state index < -0.39 is 0 Å². The Balaban J connectivity index is 1.15. The van der Waals surface area contributed by atoms with Gasteiger partial charge in [0.2, 0.25) is 11.1 Å².